The number of rotatable bonds is 26. The monoisotopic (exact) mass is 1410 g/mol. The van der Waals surface area contributed by atoms with Gasteiger partial charge in [0.25, 0.3) is 0 Å². The molecule has 46 heteroatoms. The molecule has 0 radical (unpaired) electrons. The van der Waals surface area contributed by atoms with Crippen LogP contribution < -0.4 is 208 Å². The fourth-order valence-corrected chi connectivity index (χ4v) is 11.0. The summed E-state index contributed by atoms with van der Waals surface area (Å²) in [7, 11) is -32.3. The molecule has 34 nitrogen and oxygen atoms in total. The van der Waals surface area contributed by atoms with Crippen LogP contribution in [0.5, 0.6) is 0 Å². The SMILES string of the molecule is CC(O)CN(CCC#N)c1nc(Nc2ccc(/C=C/c3ccc(Nc4nc(Nc5cc(S(=O)(=O)[O-])ccc5S(=O)(=O)[O-])nc(N(CCC#N)CC(C)O)n4)cc3S(=O)(=O)[O-])c(S(=O)(=O)[O-])c2)nc(Nc2cc(S(=O)(=O)[O-])ccc2S(=O)(=O)[O-])n1.[Na+].[Na+].[Na+].[Na+].[Na+].[Na+]. The van der Waals surface area contributed by atoms with Crippen LogP contribution in [-0.4, -0.2) is 156 Å². The first-order chi connectivity index (χ1) is 38.9. The van der Waals surface area contributed by atoms with Crippen LogP contribution in [0.15, 0.2) is 102 Å². The number of nitrogens with one attached hydrogen (secondary N) is 4. The van der Waals surface area contributed by atoms with Crippen molar-refractivity contribution < 1.29 is 265 Å². The first-order valence-corrected chi connectivity index (χ1v) is 31.6. The number of anilines is 10. The van der Waals surface area contributed by atoms with E-state index in [1.165, 1.54) is 23.6 Å². The molecule has 448 valence electrons. The van der Waals surface area contributed by atoms with E-state index in [2.05, 4.69) is 51.2 Å². The van der Waals surface area contributed by atoms with E-state index in [9.17, 15) is 98.6 Å². The maximum atomic E-state index is 12.8. The minimum absolute atomic E-state index is 0. The molecule has 0 spiro atoms. The van der Waals surface area contributed by atoms with Crippen LogP contribution in [0.2, 0.25) is 0 Å². The molecule has 90 heavy (non-hydrogen) atoms. The first kappa shape index (κ1) is 87.8. The molecule has 2 heterocycles. The Morgan fingerprint density at radius 3 is 1.01 bits per heavy atom. The third-order valence-electron chi connectivity index (χ3n) is 10.8. The van der Waals surface area contributed by atoms with E-state index in [1.807, 2.05) is 12.1 Å². The summed E-state index contributed by atoms with van der Waals surface area (Å²) in [5.41, 5.74) is -3.05. The molecular formula is C44H40N14Na6O20S6. The zero-order chi connectivity index (χ0) is 62.3. The van der Waals surface area contributed by atoms with Crippen molar-refractivity contribution in [3.63, 3.8) is 0 Å². The van der Waals surface area contributed by atoms with Gasteiger partial charge in [-0.15, -0.1) is 0 Å². The molecule has 6 rings (SSSR count). The summed E-state index contributed by atoms with van der Waals surface area (Å²) < 4.78 is 221. The summed E-state index contributed by atoms with van der Waals surface area (Å²) >= 11 is 0. The van der Waals surface area contributed by atoms with Crippen LogP contribution in [0.4, 0.5) is 58.4 Å². The number of aromatic nitrogens is 6. The molecule has 0 aliphatic heterocycles. The van der Waals surface area contributed by atoms with E-state index in [-0.39, 0.29) is 240 Å². The Bertz CT molecular complexity index is 4110. The summed E-state index contributed by atoms with van der Waals surface area (Å²) in [6.45, 7) is 1.84. The summed E-state index contributed by atoms with van der Waals surface area (Å²) in [4.78, 5) is 21.2. The van der Waals surface area contributed by atoms with Gasteiger partial charge >= 0.3 is 177 Å². The number of nitriles is 2. The normalized spacial score (nSPS) is 12.2. The van der Waals surface area contributed by atoms with Crippen LogP contribution in [0.3, 0.4) is 0 Å². The maximum Gasteiger partial charge on any atom is 1.00 e. The van der Waals surface area contributed by atoms with Gasteiger partial charge in [-0.1, -0.05) is 24.3 Å². The number of aliphatic hydroxyl groups excluding tert-OH is 2. The smallest absolute Gasteiger partial charge is 0.744 e. The molecule has 0 aliphatic rings. The van der Waals surface area contributed by atoms with Gasteiger partial charge in [0.2, 0.25) is 35.7 Å². The minimum Gasteiger partial charge on any atom is -0.744 e. The van der Waals surface area contributed by atoms with E-state index in [4.69, 9.17) is 0 Å². The number of benzene rings is 4. The number of hydrogen-bond donors (Lipinski definition) is 6. The zero-order valence-electron chi connectivity index (χ0n) is 48.6. The summed E-state index contributed by atoms with van der Waals surface area (Å²) in [5, 5.41) is 48.9. The first-order valence-electron chi connectivity index (χ1n) is 23.1. The standard InChI is InChI=1S/C44H46N14O20S6.6Na/c1-25(59)23-57(17-3-15-45)43-53-39(51-41(55-43)49-33-21-31(79(61,62)63)11-13-35(33)81(67,68)69)47-29-9-7-27(37(19-29)83(73,74)75)5-6-28-8-10-30(20-38(28)84(76,77)78)48-40-52-42(56-44(54-40)58(18-4-16-46)24-26(2)60)50-34-22-32(80(64,65)66)12-14-36(34)82(70,71)72;;;;;;/h5-14,19-22,25-26,59-60H,3-4,17-18,23-24H2,1-2H3,(H,61,62,63)(H,64,65,66)(H,67,68,69)(H,70,71,72)(H,73,74,75)(H,76,77,78)(H2,47,49,51,53,55)(H2,48,50,52,54,56);;;;;;/q;6*+1/p-6/b6-5+;;;;;;. The Hall–Kier alpha value is -2.20. The Morgan fingerprint density at radius 2 is 0.744 bits per heavy atom. The number of aliphatic hydroxyl groups is 2. The van der Waals surface area contributed by atoms with Crippen LogP contribution in [-0.2, 0) is 60.7 Å². The molecular weight excluding hydrogens is 1370 g/mol. The van der Waals surface area contributed by atoms with Gasteiger partial charge in [0.05, 0.1) is 77.9 Å². The van der Waals surface area contributed by atoms with Gasteiger partial charge in [0.1, 0.15) is 60.7 Å². The van der Waals surface area contributed by atoms with Crippen molar-refractivity contribution in [2.75, 3.05) is 57.2 Å². The molecule has 0 bridgehead atoms. The van der Waals surface area contributed by atoms with Gasteiger partial charge in [-0.25, -0.2) is 50.5 Å². The van der Waals surface area contributed by atoms with E-state index in [1.54, 1.807) is 0 Å². The zero-order valence-corrected chi connectivity index (χ0v) is 65.5. The average Bonchev–Trinajstić information content (AvgIpc) is 0.974. The Balaban J connectivity index is 0.0000132. The van der Waals surface area contributed by atoms with Crippen molar-refractivity contribution in [1.29, 1.82) is 10.5 Å². The van der Waals surface area contributed by atoms with Crippen molar-refractivity contribution in [1.82, 2.24) is 29.9 Å². The molecule has 6 aromatic rings. The van der Waals surface area contributed by atoms with Gasteiger partial charge in [-0.3, -0.25) is 0 Å². The third kappa shape index (κ3) is 25.7. The predicted octanol–water partition coefficient (Wildman–Crippen LogP) is -17.1. The molecule has 0 saturated carbocycles. The Labute approximate surface area is 649 Å². The Kier molecular flexibility index (Phi) is 35.9. The second kappa shape index (κ2) is 36.8. The van der Waals surface area contributed by atoms with Crippen LogP contribution >= 0.6 is 0 Å². The molecule has 2 aromatic heterocycles. The van der Waals surface area contributed by atoms with Crippen LogP contribution in [0.1, 0.15) is 37.8 Å². The molecule has 0 fully saturated rings. The molecule has 2 atom stereocenters. The van der Waals surface area contributed by atoms with Crippen molar-refractivity contribution in [3.8, 4) is 12.1 Å². The van der Waals surface area contributed by atoms with E-state index in [0.717, 1.165) is 48.6 Å². The van der Waals surface area contributed by atoms with E-state index in [0.29, 0.717) is 36.4 Å². The fourth-order valence-electron chi connectivity index (χ4n) is 7.36. The summed E-state index contributed by atoms with van der Waals surface area (Å²) in [6.07, 6.45) is -0.779. The number of nitrogens with zero attached hydrogens (tertiary/aromatic N) is 10. The van der Waals surface area contributed by atoms with Gasteiger partial charge in [-0.05, 0) is 85.6 Å². The Morgan fingerprint density at radius 1 is 0.444 bits per heavy atom. The van der Waals surface area contributed by atoms with E-state index < -0.39 is 149 Å². The second-order valence-electron chi connectivity index (χ2n) is 17.4. The van der Waals surface area contributed by atoms with Crippen molar-refractivity contribution in [2.45, 2.75) is 68.3 Å². The van der Waals surface area contributed by atoms with Gasteiger partial charge in [-0.2, -0.15) is 40.4 Å². The largest absolute Gasteiger partial charge is 1.00 e. The number of hydrogen-bond acceptors (Lipinski definition) is 34. The van der Waals surface area contributed by atoms with Crippen LogP contribution in [0, 0.1) is 22.7 Å². The third-order valence-corrected chi connectivity index (χ3v) is 16.0. The van der Waals surface area contributed by atoms with E-state index >= 15 is 0 Å². The summed E-state index contributed by atoms with van der Waals surface area (Å²) in [6, 6.07) is 12.7. The van der Waals surface area contributed by atoms with Crippen molar-refractivity contribution in [2.24, 2.45) is 0 Å². The topological polar surface area (TPSA) is 563 Å². The molecule has 0 aliphatic carbocycles. The maximum absolute atomic E-state index is 12.8. The second-order valence-corrected chi connectivity index (χ2v) is 25.5. The van der Waals surface area contributed by atoms with Gasteiger partial charge in [0, 0.05) is 37.6 Å². The fraction of sp³-hybridized carbons (Fsp3) is 0.227. The summed E-state index contributed by atoms with van der Waals surface area (Å²) in [5.74, 6) is -3.24. The van der Waals surface area contributed by atoms with Crippen LogP contribution in [0.25, 0.3) is 12.2 Å². The van der Waals surface area contributed by atoms with Gasteiger partial charge < -0.3 is 68.6 Å². The van der Waals surface area contributed by atoms with Crippen molar-refractivity contribution in [3.05, 3.63) is 83.9 Å². The molecule has 4 aromatic carbocycles. The minimum atomic E-state index is -5.49. The average molecular weight is 1420 g/mol. The molecule has 2 unspecified atom stereocenters. The van der Waals surface area contributed by atoms with Gasteiger partial charge in [0.15, 0.2) is 0 Å². The predicted molar refractivity (Wildman–Crippen MR) is 284 cm³/mol. The molecule has 6 N–H and O–H groups in total. The van der Waals surface area contributed by atoms with Crippen molar-refractivity contribution >= 4 is 131 Å². The molecule has 0 amide bonds. The quantitative estimate of drug-likeness (QED) is 0.0167. The molecule has 0 saturated heterocycles.